The predicted molar refractivity (Wildman–Crippen MR) is 135 cm³/mol. The summed E-state index contributed by atoms with van der Waals surface area (Å²) in [6.45, 7) is 3.40. The van der Waals surface area contributed by atoms with Gasteiger partial charge >= 0.3 is 5.97 Å². The third-order valence-corrected chi connectivity index (χ3v) is 6.29. The molecule has 1 aliphatic heterocycles. The van der Waals surface area contributed by atoms with E-state index in [1.807, 2.05) is 54.3 Å². The molecule has 1 fully saturated rings. The summed E-state index contributed by atoms with van der Waals surface area (Å²) in [5.41, 5.74) is 2.50. The summed E-state index contributed by atoms with van der Waals surface area (Å²) in [7, 11) is 1.63. The van der Waals surface area contributed by atoms with Crippen LogP contribution in [0.4, 0.5) is 0 Å². The lowest BCUT2D eigenvalue weighted by Gasteiger charge is -2.23. The lowest BCUT2D eigenvalue weighted by molar-refractivity contribution is -0.137. The molecule has 1 aromatic heterocycles. The molecule has 9 nitrogen and oxygen atoms in total. The van der Waals surface area contributed by atoms with Crippen LogP contribution in [0.1, 0.15) is 54.8 Å². The number of hydrogen-bond donors (Lipinski definition) is 1. The van der Waals surface area contributed by atoms with Gasteiger partial charge in [0.25, 0.3) is 0 Å². The molecule has 2 heterocycles. The fourth-order valence-electron chi connectivity index (χ4n) is 4.42. The van der Waals surface area contributed by atoms with Crippen LogP contribution < -0.4 is 14.2 Å². The maximum Gasteiger partial charge on any atom is 0.303 e. The van der Waals surface area contributed by atoms with Gasteiger partial charge in [0.1, 0.15) is 23.8 Å². The molecule has 1 atom stereocenters. The second kappa shape index (κ2) is 12.3. The molecule has 0 spiro atoms. The van der Waals surface area contributed by atoms with E-state index < -0.39 is 5.97 Å². The number of carboxylic acids is 1. The van der Waals surface area contributed by atoms with E-state index in [2.05, 4.69) is 5.16 Å². The molecule has 196 valence electrons. The van der Waals surface area contributed by atoms with Gasteiger partial charge in [-0.05, 0) is 55.2 Å². The van der Waals surface area contributed by atoms with Gasteiger partial charge in [-0.2, -0.15) is 0 Å². The van der Waals surface area contributed by atoms with Crippen molar-refractivity contribution in [2.75, 3.05) is 20.3 Å². The van der Waals surface area contributed by atoms with Crippen molar-refractivity contribution in [2.45, 2.75) is 51.7 Å². The van der Waals surface area contributed by atoms with Crippen LogP contribution in [0.5, 0.6) is 17.2 Å². The highest BCUT2D eigenvalue weighted by molar-refractivity contribution is 5.79. The van der Waals surface area contributed by atoms with Crippen LogP contribution in [-0.2, 0) is 29.0 Å². The van der Waals surface area contributed by atoms with E-state index in [1.54, 1.807) is 13.2 Å². The number of amides is 1. The first kappa shape index (κ1) is 26.1. The standard InChI is InChI=1S/C28H32N2O7/c1-3-35-26-15-20(8-12-25(26)36-18-19-6-9-21(34-2)10-7-19)16-27(31)30-14-4-5-24(30)23-17-22(37-29-23)11-13-28(32)33/h6-10,12,15,17,24H,3-5,11,13-14,16,18H2,1-2H3,(H,32,33). The Hall–Kier alpha value is -4.01. The molecule has 0 radical (unpaired) electrons. The van der Waals surface area contributed by atoms with Crippen LogP contribution in [0.15, 0.2) is 53.1 Å². The molecule has 1 aliphatic rings. The average Bonchev–Trinajstić information content (AvgIpc) is 3.57. The number of methoxy groups -OCH3 is 1. The summed E-state index contributed by atoms with van der Waals surface area (Å²) in [6, 6.07) is 14.8. The number of aromatic nitrogens is 1. The van der Waals surface area contributed by atoms with E-state index in [0.29, 0.717) is 42.7 Å². The Bertz CT molecular complexity index is 1210. The van der Waals surface area contributed by atoms with Crippen molar-refractivity contribution >= 4 is 11.9 Å². The van der Waals surface area contributed by atoms with Crippen LogP contribution >= 0.6 is 0 Å². The molecule has 1 unspecified atom stereocenters. The quantitative estimate of drug-likeness (QED) is 0.378. The number of ether oxygens (including phenoxy) is 3. The number of carboxylic acid groups (broad SMARTS) is 1. The number of aliphatic carboxylic acids is 1. The van der Waals surface area contributed by atoms with Gasteiger partial charge < -0.3 is 28.7 Å². The summed E-state index contributed by atoms with van der Waals surface area (Å²) < 4.78 is 22.3. The fraction of sp³-hybridized carbons (Fsp3) is 0.393. The fourth-order valence-corrected chi connectivity index (χ4v) is 4.42. The highest BCUT2D eigenvalue weighted by atomic mass is 16.5. The van der Waals surface area contributed by atoms with Crippen LogP contribution in [0.2, 0.25) is 0 Å². The Labute approximate surface area is 215 Å². The number of nitrogens with zero attached hydrogens (tertiary/aromatic N) is 2. The van der Waals surface area contributed by atoms with E-state index >= 15 is 0 Å². The SMILES string of the molecule is CCOc1cc(CC(=O)N2CCCC2c2cc(CCC(=O)O)on2)ccc1OCc1ccc(OC)cc1. The lowest BCUT2D eigenvalue weighted by Crippen LogP contribution is -2.32. The first-order chi connectivity index (χ1) is 18.0. The summed E-state index contributed by atoms with van der Waals surface area (Å²) in [6.07, 6.45) is 2.13. The zero-order chi connectivity index (χ0) is 26.2. The molecule has 3 aromatic rings. The summed E-state index contributed by atoms with van der Waals surface area (Å²) in [5.74, 6) is 1.62. The van der Waals surface area contributed by atoms with E-state index in [4.69, 9.17) is 23.8 Å². The zero-order valence-corrected chi connectivity index (χ0v) is 21.1. The van der Waals surface area contributed by atoms with Crippen molar-refractivity contribution in [3.8, 4) is 17.2 Å². The number of hydrogen-bond acceptors (Lipinski definition) is 7. The van der Waals surface area contributed by atoms with Crippen LogP contribution in [0.3, 0.4) is 0 Å². The molecule has 2 aromatic carbocycles. The van der Waals surface area contributed by atoms with Gasteiger partial charge in [0.2, 0.25) is 5.91 Å². The molecule has 1 amide bonds. The number of benzene rings is 2. The van der Waals surface area contributed by atoms with E-state index in [0.717, 1.165) is 29.7 Å². The van der Waals surface area contributed by atoms with Gasteiger partial charge in [0.15, 0.2) is 11.5 Å². The maximum absolute atomic E-state index is 13.2. The Morgan fingerprint density at radius 2 is 1.86 bits per heavy atom. The molecule has 37 heavy (non-hydrogen) atoms. The first-order valence-corrected chi connectivity index (χ1v) is 12.4. The van der Waals surface area contributed by atoms with E-state index in [1.165, 1.54) is 0 Å². The van der Waals surface area contributed by atoms with E-state index in [-0.39, 0.29) is 31.2 Å². The third-order valence-electron chi connectivity index (χ3n) is 6.29. The minimum atomic E-state index is -0.890. The van der Waals surface area contributed by atoms with Gasteiger partial charge in [-0.3, -0.25) is 9.59 Å². The van der Waals surface area contributed by atoms with Crippen molar-refractivity contribution < 1.29 is 33.4 Å². The van der Waals surface area contributed by atoms with Crippen molar-refractivity contribution in [2.24, 2.45) is 0 Å². The topological polar surface area (TPSA) is 111 Å². The molecular formula is C28H32N2O7. The van der Waals surface area contributed by atoms with Crippen LogP contribution in [-0.4, -0.2) is 47.3 Å². The van der Waals surface area contributed by atoms with Crippen molar-refractivity contribution in [1.82, 2.24) is 10.1 Å². The highest BCUT2D eigenvalue weighted by Gasteiger charge is 2.32. The highest BCUT2D eigenvalue weighted by Crippen LogP contribution is 2.34. The predicted octanol–water partition coefficient (Wildman–Crippen LogP) is 4.58. The van der Waals surface area contributed by atoms with Crippen molar-refractivity contribution in [3.05, 3.63) is 71.1 Å². The first-order valence-electron chi connectivity index (χ1n) is 12.4. The van der Waals surface area contributed by atoms with Gasteiger partial charge in [-0.15, -0.1) is 0 Å². The minimum Gasteiger partial charge on any atom is -0.497 e. The molecule has 4 rings (SSSR count). The Morgan fingerprint density at radius 3 is 2.59 bits per heavy atom. The maximum atomic E-state index is 13.2. The smallest absolute Gasteiger partial charge is 0.303 e. The Balaban J connectivity index is 1.40. The minimum absolute atomic E-state index is 0.00747. The average molecular weight is 509 g/mol. The van der Waals surface area contributed by atoms with Gasteiger partial charge in [0.05, 0.1) is 32.6 Å². The van der Waals surface area contributed by atoms with Crippen molar-refractivity contribution in [1.29, 1.82) is 0 Å². The largest absolute Gasteiger partial charge is 0.497 e. The number of carbonyl (C=O) groups is 2. The molecule has 0 saturated carbocycles. The zero-order valence-electron chi connectivity index (χ0n) is 21.1. The molecule has 1 N–H and O–H groups in total. The molecular weight excluding hydrogens is 476 g/mol. The monoisotopic (exact) mass is 508 g/mol. The van der Waals surface area contributed by atoms with Gasteiger partial charge in [-0.1, -0.05) is 23.4 Å². The second-order valence-corrected chi connectivity index (χ2v) is 8.88. The Kier molecular flexibility index (Phi) is 8.66. The summed E-state index contributed by atoms with van der Waals surface area (Å²) in [5, 5.41) is 13.0. The Morgan fingerprint density at radius 1 is 1.08 bits per heavy atom. The van der Waals surface area contributed by atoms with E-state index in [9.17, 15) is 9.59 Å². The number of rotatable bonds is 12. The third kappa shape index (κ3) is 6.81. The van der Waals surface area contributed by atoms with Crippen molar-refractivity contribution in [3.63, 3.8) is 0 Å². The van der Waals surface area contributed by atoms with Crippen LogP contribution in [0, 0.1) is 0 Å². The van der Waals surface area contributed by atoms with Gasteiger partial charge in [-0.25, -0.2) is 0 Å². The summed E-state index contributed by atoms with van der Waals surface area (Å²) in [4.78, 5) is 25.9. The number of aryl methyl sites for hydroxylation is 1. The molecule has 1 saturated heterocycles. The second-order valence-electron chi connectivity index (χ2n) is 8.88. The number of likely N-dealkylation sites (tertiary alicyclic amines) is 1. The number of carbonyl (C=O) groups excluding carboxylic acids is 1. The molecule has 9 heteroatoms. The normalized spacial score (nSPS) is 15.0. The molecule has 0 bridgehead atoms. The summed E-state index contributed by atoms with van der Waals surface area (Å²) >= 11 is 0. The van der Waals surface area contributed by atoms with Gasteiger partial charge in [0, 0.05) is 19.0 Å². The molecule has 0 aliphatic carbocycles. The van der Waals surface area contributed by atoms with Crippen LogP contribution in [0.25, 0.3) is 0 Å². The lowest BCUT2D eigenvalue weighted by atomic mass is 10.1.